The molecule has 178 valence electrons. The molecule has 3 rings (SSSR count). The standard InChI is InChI=1S/C27H38N4O2/c1-22-8-3-5-10-24(22)12-14-28-26(32)20-30-16-7-17-31(19-18-30)21-27(33)29-15-13-25-11-6-4-9-23(25)2/h3-6,8-11H,7,12-21H2,1-2H3,(H,28,32)(H,29,33). The summed E-state index contributed by atoms with van der Waals surface area (Å²) in [6, 6.07) is 16.6. The number of nitrogens with one attached hydrogen (secondary N) is 2. The summed E-state index contributed by atoms with van der Waals surface area (Å²) in [4.78, 5) is 29.2. The van der Waals surface area contributed by atoms with E-state index in [1.165, 1.54) is 22.3 Å². The first-order valence-electron chi connectivity index (χ1n) is 12.1. The second kappa shape index (κ2) is 13.1. The number of carbonyl (C=O) groups is 2. The number of benzene rings is 2. The molecular formula is C27H38N4O2. The normalized spacial score (nSPS) is 15.1. The SMILES string of the molecule is Cc1ccccc1CCNC(=O)CN1CCCN(CC(=O)NCCc2ccccc2C)CC1. The largest absolute Gasteiger partial charge is 0.355 e. The van der Waals surface area contributed by atoms with Crippen molar-refractivity contribution in [3.05, 3.63) is 70.8 Å². The molecule has 1 aliphatic rings. The molecule has 0 radical (unpaired) electrons. The van der Waals surface area contributed by atoms with Crippen LogP contribution in [0.2, 0.25) is 0 Å². The molecule has 0 saturated carbocycles. The number of aryl methyl sites for hydroxylation is 2. The molecule has 1 aliphatic heterocycles. The zero-order valence-electron chi connectivity index (χ0n) is 20.1. The second-order valence-electron chi connectivity index (χ2n) is 8.96. The maximum Gasteiger partial charge on any atom is 0.234 e. The Morgan fingerprint density at radius 3 is 1.55 bits per heavy atom. The topological polar surface area (TPSA) is 64.7 Å². The van der Waals surface area contributed by atoms with Crippen LogP contribution in [0.3, 0.4) is 0 Å². The number of amides is 2. The van der Waals surface area contributed by atoms with Gasteiger partial charge in [-0.1, -0.05) is 48.5 Å². The van der Waals surface area contributed by atoms with E-state index in [0.717, 1.165) is 45.4 Å². The van der Waals surface area contributed by atoms with Crippen molar-refractivity contribution in [2.24, 2.45) is 0 Å². The van der Waals surface area contributed by atoms with Gasteiger partial charge in [0.05, 0.1) is 13.1 Å². The van der Waals surface area contributed by atoms with Gasteiger partial charge in [-0.2, -0.15) is 0 Å². The molecule has 1 heterocycles. The van der Waals surface area contributed by atoms with Gasteiger partial charge in [-0.05, 0) is 68.5 Å². The van der Waals surface area contributed by atoms with Crippen molar-refractivity contribution >= 4 is 11.8 Å². The molecule has 0 atom stereocenters. The summed E-state index contributed by atoms with van der Waals surface area (Å²) in [5.41, 5.74) is 5.08. The van der Waals surface area contributed by atoms with Gasteiger partial charge in [-0.3, -0.25) is 19.4 Å². The molecule has 2 aromatic carbocycles. The monoisotopic (exact) mass is 450 g/mol. The maximum absolute atomic E-state index is 12.4. The fraction of sp³-hybridized carbons (Fsp3) is 0.481. The van der Waals surface area contributed by atoms with Crippen LogP contribution in [0.1, 0.15) is 28.7 Å². The predicted octanol–water partition coefficient (Wildman–Crippen LogP) is 2.33. The Balaban J connectivity index is 1.31. The lowest BCUT2D eigenvalue weighted by Gasteiger charge is -2.21. The second-order valence-corrected chi connectivity index (χ2v) is 8.96. The molecule has 2 amide bonds. The molecule has 2 aromatic rings. The molecule has 33 heavy (non-hydrogen) atoms. The summed E-state index contributed by atoms with van der Waals surface area (Å²) in [5.74, 6) is 0.150. The Hall–Kier alpha value is -2.70. The molecule has 6 heteroatoms. The van der Waals surface area contributed by atoms with Gasteiger partial charge in [0.15, 0.2) is 0 Å². The van der Waals surface area contributed by atoms with Gasteiger partial charge in [0.1, 0.15) is 0 Å². The Bertz CT molecular complexity index is 841. The predicted molar refractivity (Wildman–Crippen MR) is 133 cm³/mol. The van der Waals surface area contributed by atoms with Crippen molar-refractivity contribution in [1.82, 2.24) is 20.4 Å². The Kier molecular flexibility index (Phi) is 9.91. The highest BCUT2D eigenvalue weighted by atomic mass is 16.2. The first-order valence-corrected chi connectivity index (χ1v) is 12.1. The van der Waals surface area contributed by atoms with Crippen LogP contribution in [-0.4, -0.2) is 74.0 Å². The molecule has 0 bridgehead atoms. The van der Waals surface area contributed by atoms with Gasteiger partial charge >= 0.3 is 0 Å². The quantitative estimate of drug-likeness (QED) is 0.583. The van der Waals surface area contributed by atoms with Crippen LogP contribution < -0.4 is 10.6 Å². The van der Waals surface area contributed by atoms with E-state index >= 15 is 0 Å². The first-order chi connectivity index (χ1) is 16.0. The lowest BCUT2D eigenvalue weighted by molar-refractivity contribution is -0.123. The summed E-state index contributed by atoms with van der Waals surface area (Å²) in [7, 11) is 0. The van der Waals surface area contributed by atoms with Crippen LogP contribution in [-0.2, 0) is 22.4 Å². The van der Waals surface area contributed by atoms with Crippen molar-refractivity contribution in [3.8, 4) is 0 Å². The van der Waals surface area contributed by atoms with Crippen molar-refractivity contribution in [3.63, 3.8) is 0 Å². The van der Waals surface area contributed by atoms with Gasteiger partial charge in [-0.25, -0.2) is 0 Å². The van der Waals surface area contributed by atoms with Crippen molar-refractivity contribution in [2.75, 3.05) is 52.4 Å². The third-order valence-electron chi connectivity index (χ3n) is 6.37. The van der Waals surface area contributed by atoms with E-state index < -0.39 is 0 Å². The minimum atomic E-state index is 0.0750. The Labute approximate surface area is 198 Å². The van der Waals surface area contributed by atoms with Crippen LogP contribution in [0.25, 0.3) is 0 Å². The number of rotatable bonds is 10. The highest BCUT2D eigenvalue weighted by molar-refractivity contribution is 5.78. The summed E-state index contributed by atoms with van der Waals surface area (Å²) >= 11 is 0. The van der Waals surface area contributed by atoms with E-state index in [0.29, 0.717) is 26.2 Å². The summed E-state index contributed by atoms with van der Waals surface area (Å²) in [6.45, 7) is 9.75. The van der Waals surface area contributed by atoms with E-state index in [1.807, 2.05) is 24.3 Å². The van der Waals surface area contributed by atoms with Crippen LogP contribution in [0, 0.1) is 13.8 Å². The number of hydrogen-bond donors (Lipinski definition) is 2. The summed E-state index contributed by atoms with van der Waals surface area (Å²) < 4.78 is 0. The molecule has 2 N–H and O–H groups in total. The van der Waals surface area contributed by atoms with Gasteiger partial charge in [0, 0.05) is 26.2 Å². The smallest absolute Gasteiger partial charge is 0.234 e. The number of nitrogens with zero attached hydrogens (tertiary/aromatic N) is 2. The minimum Gasteiger partial charge on any atom is -0.355 e. The molecule has 1 saturated heterocycles. The maximum atomic E-state index is 12.4. The average molecular weight is 451 g/mol. The van der Waals surface area contributed by atoms with E-state index in [2.05, 4.69) is 58.5 Å². The zero-order chi connectivity index (χ0) is 23.5. The molecule has 1 fully saturated rings. The molecule has 0 unspecified atom stereocenters. The van der Waals surface area contributed by atoms with Gasteiger partial charge < -0.3 is 10.6 Å². The lowest BCUT2D eigenvalue weighted by Crippen LogP contribution is -2.41. The summed E-state index contributed by atoms with van der Waals surface area (Å²) in [5, 5.41) is 6.10. The van der Waals surface area contributed by atoms with Crippen LogP contribution >= 0.6 is 0 Å². The van der Waals surface area contributed by atoms with E-state index in [1.54, 1.807) is 0 Å². The Morgan fingerprint density at radius 1 is 0.697 bits per heavy atom. The van der Waals surface area contributed by atoms with Crippen molar-refractivity contribution in [1.29, 1.82) is 0 Å². The molecule has 0 aromatic heterocycles. The highest BCUT2D eigenvalue weighted by Crippen LogP contribution is 2.08. The first kappa shape index (κ1) is 24.9. The van der Waals surface area contributed by atoms with Gasteiger partial charge in [-0.15, -0.1) is 0 Å². The fourth-order valence-electron chi connectivity index (χ4n) is 4.31. The van der Waals surface area contributed by atoms with Gasteiger partial charge in [0.25, 0.3) is 0 Å². The van der Waals surface area contributed by atoms with E-state index in [9.17, 15) is 9.59 Å². The number of carbonyl (C=O) groups excluding carboxylic acids is 2. The van der Waals surface area contributed by atoms with Crippen molar-refractivity contribution in [2.45, 2.75) is 33.1 Å². The lowest BCUT2D eigenvalue weighted by atomic mass is 10.1. The Morgan fingerprint density at radius 2 is 1.12 bits per heavy atom. The van der Waals surface area contributed by atoms with Gasteiger partial charge in [0.2, 0.25) is 11.8 Å². The average Bonchev–Trinajstić information content (AvgIpc) is 3.01. The van der Waals surface area contributed by atoms with Crippen LogP contribution in [0.5, 0.6) is 0 Å². The van der Waals surface area contributed by atoms with E-state index in [4.69, 9.17) is 0 Å². The highest BCUT2D eigenvalue weighted by Gasteiger charge is 2.18. The third kappa shape index (κ3) is 8.63. The minimum absolute atomic E-state index is 0.0750. The third-order valence-corrected chi connectivity index (χ3v) is 6.37. The zero-order valence-corrected chi connectivity index (χ0v) is 20.1. The van der Waals surface area contributed by atoms with Crippen molar-refractivity contribution < 1.29 is 9.59 Å². The summed E-state index contributed by atoms with van der Waals surface area (Å²) in [6.07, 6.45) is 2.67. The van der Waals surface area contributed by atoms with Crippen LogP contribution in [0.4, 0.5) is 0 Å². The van der Waals surface area contributed by atoms with E-state index in [-0.39, 0.29) is 11.8 Å². The fourth-order valence-corrected chi connectivity index (χ4v) is 4.31. The molecule has 0 aliphatic carbocycles. The molecular weight excluding hydrogens is 412 g/mol. The van der Waals surface area contributed by atoms with Crippen LogP contribution in [0.15, 0.2) is 48.5 Å². The molecule has 6 nitrogen and oxygen atoms in total. The number of hydrogen-bond acceptors (Lipinski definition) is 4. The molecule has 0 spiro atoms.